The molecule has 10 rings (SSSR count). The number of hydrogen-bond donors (Lipinski definition) is 1. The van der Waals surface area contributed by atoms with Crippen LogP contribution in [0.2, 0.25) is 0 Å². The van der Waals surface area contributed by atoms with E-state index in [1.54, 1.807) is 19.1 Å². The van der Waals surface area contributed by atoms with E-state index in [2.05, 4.69) is 120 Å². The number of benzene rings is 6. The van der Waals surface area contributed by atoms with Gasteiger partial charge in [-0.3, -0.25) is 24.0 Å². The van der Waals surface area contributed by atoms with Crippen molar-refractivity contribution >= 4 is 50.9 Å². The van der Waals surface area contributed by atoms with Crippen molar-refractivity contribution in [2.75, 3.05) is 0 Å². The Bertz CT molecular complexity index is 3570. The number of fused-ring (bicyclic) bond motifs is 2. The fourth-order valence-electron chi connectivity index (χ4n) is 9.72. The van der Waals surface area contributed by atoms with E-state index in [0.29, 0.717) is 24.5 Å². The van der Waals surface area contributed by atoms with Gasteiger partial charge in [-0.25, -0.2) is 17.2 Å². The molecule has 5 atom stereocenters. The molecule has 0 spiro atoms. The van der Waals surface area contributed by atoms with Crippen molar-refractivity contribution in [2.24, 2.45) is 33.5 Å². The van der Waals surface area contributed by atoms with E-state index in [9.17, 15) is 54.5 Å². The molecule has 3 fully saturated rings. The first-order valence-corrected chi connectivity index (χ1v) is 33.9. The van der Waals surface area contributed by atoms with Crippen LogP contribution in [0.15, 0.2) is 159 Å². The first kappa shape index (κ1) is 75.4. The van der Waals surface area contributed by atoms with Gasteiger partial charge in [0.2, 0.25) is 17.4 Å². The third-order valence-electron chi connectivity index (χ3n) is 17.8. The third-order valence-corrected chi connectivity index (χ3v) is 20.9. The van der Waals surface area contributed by atoms with Crippen LogP contribution in [0, 0.1) is 56.8 Å². The van der Waals surface area contributed by atoms with E-state index < -0.39 is 89.5 Å². The first-order valence-electron chi connectivity index (χ1n) is 31.3. The van der Waals surface area contributed by atoms with E-state index >= 15 is 0 Å². The molecule has 0 radical (unpaired) electrons. The first-order chi connectivity index (χ1) is 43.9. The van der Waals surface area contributed by atoms with Crippen LogP contribution >= 0.6 is 0 Å². The Hall–Kier alpha value is -7.59. The average Bonchev–Trinajstić information content (AvgIpc) is 1.54. The van der Waals surface area contributed by atoms with Crippen molar-refractivity contribution < 1.29 is 88.0 Å². The lowest BCUT2D eigenvalue weighted by Crippen LogP contribution is -2.42. The highest BCUT2D eigenvalue weighted by Gasteiger charge is 2.65. The number of esters is 5. The second-order valence-corrected chi connectivity index (χ2v) is 29.8. The van der Waals surface area contributed by atoms with Crippen LogP contribution in [-0.2, 0) is 76.8 Å². The van der Waals surface area contributed by atoms with Crippen LogP contribution in [0.4, 0.5) is 17.6 Å². The maximum absolute atomic E-state index is 13.6. The Balaban J connectivity index is 0.000000187. The molecule has 3 heterocycles. The third kappa shape index (κ3) is 18.4. The molecule has 4 aliphatic rings. The fourth-order valence-corrected chi connectivity index (χ4v) is 12.4. The molecule has 0 amide bonds. The number of hydrogen-bond acceptors (Lipinski definition) is 15. The molecule has 15 nitrogen and oxygen atoms in total. The topological polar surface area (TPSA) is 218 Å². The van der Waals surface area contributed by atoms with Crippen LogP contribution in [0.5, 0.6) is 17.2 Å². The predicted molar refractivity (Wildman–Crippen MR) is 345 cm³/mol. The number of rotatable bonds is 17. The number of phenolic OH excluding ortho intramolecular Hbond substituents is 1. The minimum atomic E-state index is -5.81. The van der Waals surface area contributed by atoms with Crippen molar-refractivity contribution in [2.45, 2.75) is 191 Å². The molecule has 6 aromatic carbocycles. The zero-order valence-electron chi connectivity index (χ0n) is 55.7. The summed E-state index contributed by atoms with van der Waals surface area (Å²) >= 11 is 0. The van der Waals surface area contributed by atoms with Gasteiger partial charge in [0.15, 0.2) is 38.5 Å². The minimum absolute atomic E-state index is 0.0146. The van der Waals surface area contributed by atoms with Gasteiger partial charge in [0, 0.05) is 5.92 Å². The Labute approximate surface area is 552 Å². The monoisotopic (exact) mass is 1340 g/mol. The fraction of sp³-hybridized carbons (Fsp3) is 0.438. The molecule has 94 heavy (non-hydrogen) atoms. The Morgan fingerprint density at radius 3 is 1.36 bits per heavy atom. The smallest absolute Gasteiger partial charge is 0.317 e. The summed E-state index contributed by atoms with van der Waals surface area (Å²) in [6.45, 7) is 25.6. The molecule has 508 valence electrons. The van der Waals surface area contributed by atoms with Gasteiger partial charge >= 0.3 is 29.8 Å². The largest absolute Gasteiger partial charge is 0.744 e. The number of phenols is 1. The number of halogens is 4. The lowest BCUT2D eigenvalue weighted by Gasteiger charge is -2.34. The summed E-state index contributed by atoms with van der Waals surface area (Å²) in [6, 6.07) is 46.8. The van der Waals surface area contributed by atoms with Gasteiger partial charge in [0.25, 0.3) is 0 Å². The molecular weight excluding hydrogens is 1260 g/mol. The van der Waals surface area contributed by atoms with Gasteiger partial charge in [-0.15, -0.1) is 0 Å². The van der Waals surface area contributed by atoms with E-state index in [1.807, 2.05) is 76.2 Å². The lowest BCUT2D eigenvalue weighted by molar-refractivity contribution is -0.172. The minimum Gasteiger partial charge on any atom is -0.744 e. The molecule has 3 aliphatic heterocycles. The molecule has 1 aliphatic carbocycles. The van der Waals surface area contributed by atoms with Crippen molar-refractivity contribution in [1.82, 2.24) is 0 Å². The quantitative estimate of drug-likeness (QED) is 0.0171. The van der Waals surface area contributed by atoms with Gasteiger partial charge in [-0.05, 0) is 186 Å². The molecule has 21 heteroatoms. The summed E-state index contributed by atoms with van der Waals surface area (Å²) < 4.78 is 118. The Morgan fingerprint density at radius 1 is 0.553 bits per heavy atom. The number of carbonyl (C=O) groups excluding carboxylic acids is 5. The maximum Gasteiger partial charge on any atom is 0.317 e. The molecule has 2 bridgehead atoms. The second kappa shape index (κ2) is 31.3. The zero-order valence-corrected chi connectivity index (χ0v) is 57.3. The van der Waals surface area contributed by atoms with Gasteiger partial charge in [0.1, 0.15) is 38.2 Å². The molecule has 0 aromatic heterocycles. The SMILES string of the molecule is CCC(C)(C)C(=O)OC(C)(C)C1Cc2ccccc2C1.CCC(C)(C)C(=O)OC1C2CC3C(=O)OC1C3O2.CCC(C)(C)C(=O)Oc1c(F)c(F)c(S(=O)(=O)[O-])c(F)c1F.CCC(C)(C)C(=O)Oc1ccc(O)cc1.c1ccc([S+](c2ccccc2)c2ccccc2)cc1. The van der Waals surface area contributed by atoms with E-state index in [-0.39, 0.29) is 65.1 Å². The van der Waals surface area contributed by atoms with Gasteiger partial charge in [-0.1, -0.05) is 107 Å². The van der Waals surface area contributed by atoms with E-state index in [4.69, 9.17) is 28.8 Å². The van der Waals surface area contributed by atoms with Gasteiger partial charge in [-0.2, -0.15) is 8.78 Å². The predicted octanol–water partition coefficient (Wildman–Crippen LogP) is 15.2. The molecule has 5 unspecified atom stereocenters. The van der Waals surface area contributed by atoms with Crippen LogP contribution in [0.1, 0.15) is 140 Å². The van der Waals surface area contributed by atoms with E-state index in [1.165, 1.54) is 51.8 Å². The lowest BCUT2D eigenvalue weighted by atomic mass is 9.86. The van der Waals surface area contributed by atoms with Crippen LogP contribution in [-0.4, -0.2) is 77.9 Å². The van der Waals surface area contributed by atoms with Crippen molar-refractivity contribution in [1.29, 1.82) is 0 Å². The zero-order chi connectivity index (χ0) is 69.9. The number of ether oxygens (including phenoxy) is 6. The highest BCUT2D eigenvalue weighted by Crippen LogP contribution is 2.48. The van der Waals surface area contributed by atoms with E-state index in [0.717, 1.165) is 25.7 Å². The molecule has 6 aromatic rings. The van der Waals surface area contributed by atoms with Crippen molar-refractivity contribution in [3.63, 3.8) is 0 Å². The Kier molecular flexibility index (Phi) is 25.1. The van der Waals surface area contributed by atoms with Crippen LogP contribution in [0.3, 0.4) is 0 Å². The Morgan fingerprint density at radius 2 is 0.947 bits per heavy atom. The highest BCUT2D eigenvalue weighted by molar-refractivity contribution is 7.97. The van der Waals surface area contributed by atoms with Gasteiger partial charge in [0.05, 0.1) is 44.6 Å². The van der Waals surface area contributed by atoms with Crippen molar-refractivity contribution in [3.8, 4) is 17.2 Å². The number of carbonyl (C=O) groups is 5. The molecule has 1 N–H and O–H groups in total. The molecule has 3 saturated heterocycles. The number of aromatic hydroxyl groups is 1. The average molecular weight is 1340 g/mol. The summed E-state index contributed by atoms with van der Waals surface area (Å²) in [5, 5.41) is 9.06. The summed E-state index contributed by atoms with van der Waals surface area (Å²) in [4.78, 5) is 61.1. The van der Waals surface area contributed by atoms with Crippen molar-refractivity contribution in [3.05, 3.63) is 174 Å². The van der Waals surface area contributed by atoms with Gasteiger partial charge < -0.3 is 38.1 Å². The summed E-state index contributed by atoms with van der Waals surface area (Å²) in [5.74, 6) is -12.4. The second-order valence-electron chi connectivity index (χ2n) is 26.5. The molecular formula is C73H86F4O15S2. The highest BCUT2D eigenvalue weighted by atomic mass is 32.2. The summed E-state index contributed by atoms with van der Waals surface area (Å²) in [7, 11) is -5.82. The summed E-state index contributed by atoms with van der Waals surface area (Å²) in [6.07, 6.45) is 3.85. The van der Waals surface area contributed by atoms with Crippen LogP contribution in [0.25, 0.3) is 0 Å². The normalized spacial score (nSPS) is 18.1. The maximum atomic E-state index is 13.6. The molecule has 0 saturated carbocycles. The summed E-state index contributed by atoms with van der Waals surface area (Å²) in [5.41, 5.74) is -0.213. The van der Waals surface area contributed by atoms with Crippen LogP contribution < -0.4 is 9.47 Å². The standard InChI is InChI=1S/C18H26O2.C18H15S.C13H18O5.C12H12F4O5S.C12H16O3/c1-6-17(2,3)16(19)20-18(4,5)15-11-13-9-7-8-10-14(13)12-15;1-4-10-16(11-5-1)19(17-12-6-2-7-13-17)18-14-8-3-9-15-18;1-4-13(2,3)12(15)18-9-7-5-6-8(16-7)10(9)17-11(6)14;1-4-12(2,3)11(17)21-9-5(13)7(15)10(22(18,19)20)8(16)6(9)14;1-4-12(2,3)11(14)15-10-7-5-9(13)6-8-10/h7-10,15H,6,11-12H2,1-5H3;1-15H;6-10H,4-5H2,1-3H3;4H2,1-3H3,(H,18,19,20);5-8,13H,4H2,1-3H3/q;+1;;;/p-1.